The lowest BCUT2D eigenvalue weighted by Gasteiger charge is -2.26. The van der Waals surface area contributed by atoms with E-state index >= 15 is 0 Å². The van der Waals surface area contributed by atoms with Crippen molar-refractivity contribution in [2.24, 2.45) is 17.8 Å². The van der Waals surface area contributed by atoms with Crippen molar-refractivity contribution in [3.63, 3.8) is 0 Å². The zero-order valence-electron chi connectivity index (χ0n) is 8.77. The average Bonchev–Trinajstić information content (AvgIpc) is 1.93. The average molecular weight is 169 g/mol. The highest BCUT2D eigenvalue weighted by atomic mass is 14.9. The summed E-state index contributed by atoms with van der Waals surface area (Å²) < 4.78 is 0. The van der Waals surface area contributed by atoms with Crippen LogP contribution in [0.4, 0.5) is 0 Å². The van der Waals surface area contributed by atoms with Gasteiger partial charge in [0.05, 0.1) is 0 Å². The molecule has 1 aliphatic carbocycles. The predicted molar refractivity (Wildman–Crippen MR) is 54.2 cm³/mol. The molecule has 1 nitrogen and oxygen atoms in total. The predicted octanol–water partition coefficient (Wildman–Crippen LogP) is 2.67. The van der Waals surface area contributed by atoms with Crippen molar-refractivity contribution in [2.75, 3.05) is 13.1 Å². The van der Waals surface area contributed by atoms with Gasteiger partial charge in [-0.3, -0.25) is 0 Å². The van der Waals surface area contributed by atoms with E-state index in [4.69, 9.17) is 0 Å². The number of hydrogen-bond donors (Lipinski definition) is 1. The van der Waals surface area contributed by atoms with Crippen LogP contribution in [0.5, 0.6) is 0 Å². The summed E-state index contributed by atoms with van der Waals surface area (Å²) in [6.45, 7) is 9.40. The summed E-state index contributed by atoms with van der Waals surface area (Å²) in [4.78, 5) is 0. The monoisotopic (exact) mass is 169 g/mol. The molecule has 0 bridgehead atoms. The molecule has 0 aromatic carbocycles. The fraction of sp³-hybridized carbons (Fsp3) is 1.00. The third kappa shape index (κ3) is 3.14. The van der Waals surface area contributed by atoms with Gasteiger partial charge in [-0.2, -0.15) is 0 Å². The van der Waals surface area contributed by atoms with E-state index in [-0.39, 0.29) is 0 Å². The molecular formula is C11H23N. The molecule has 1 saturated carbocycles. The lowest BCUT2D eigenvalue weighted by Crippen LogP contribution is -2.31. The third-order valence-electron chi connectivity index (χ3n) is 3.26. The van der Waals surface area contributed by atoms with Crippen molar-refractivity contribution >= 4 is 0 Å². The minimum Gasteiger partial charge on any atom is -0.316 e. The molecule has 12 heavy (non-hydrogen) atoms. The highest BCUT2D eigenvalue weighted by Gasteiger charge is 2.16. The van der Waals surface area contributed by atoms with Crippen LogP contribution in [0.15, 0.2) is 0 Å². The van der Waals surface area contributed by atoms with Gasteiger partial charge in [0, 0.05) is 0 Å². The Morgan fingerprint density at radius 1 is 1.25 bits per heavy atom. The van der Waals surface area contributed by atoms with Gasteiger partial charge in [0.2, 0.25) is 0 Å². The van der Waals surface area contributed by atoms with Gasteiger partial charge in [0.25, 0.3) is 0 Å². The molecule has 0 heterocycles. The van der Waals surface area contributed by atoms with Crippen molar-refractivity contribution < 1.29 is 0 Å². The van der Waals surface area contributed by atoms with Gasteiger partial charge in [-0.15, -0.1) is 0 Å². The van der Waals surface area contributed by atoms with Gasteiger partial charge in [0.15, 0.2) is 0 Å². The first-order valence-electron chi connectivity index (χ1n) is 5.41. The van der Waals surface area contributed by atoms with E-state index in [0.29, 0.717) is 0 Å². The van der Waals surface area contributed by atoms with E-state index in [1.54, 1.807) is 0 Å². The highest BCUT2D eigenvalue weighted by molar-refractivity contribution is 4.72. The minimum absolute atomic E-state index is 0.818. The van der Waals surface area contributed by atoms with Gasteiger partial charge in [-0.1, -0.05) is 27.2 Å². The van der Waals surface area contributed by atoms with Crippen molar-refractivity contribution in [2.45, 2.75) is 40.0 Å². The molecule has 0 amide bonds. The quantitative estimate of drug-likeness (QED) is 0.667. The van der Waals surface area contributed by atoms with Gasteiger partial charge in [0.1, 0.15) is 0 Å². The third-order valence-corrected chi connectivity index (χ3v) is 3.26. The van der Waals surface area contributed by atoms with E-state index in [0.717, 1.165) is 17.8 Å². The Hall–Kier alpha value is -0.0400. The first-order chi connectivity index (χ1) is 5.70. The molecule has 1 N–H and O–H groups in total. The Balaban J connectivity index is 1.93. The largest absolute Gasteiger partial charge is 0.316 e. The van der Waals surface area contributed by atoms with Crippen LogP contribution >= 0.6 is 0 Å². The molecule has 0 aromatic rings. The molecule has 1 fully saturated rings. The smallest absolute Gasteiger partial charge is 0.00204 e. The highest BCUT2D eigenvalue weighted by Crippen LogP contribution is 2.25. The first-order valence-corrected chi connectivity index (χ1v) is 5.41. The summed E-state index contributed by atoms with van der Waals surface area (Å²) in [6.07, 6.45) is 4.39. The molecule has 72 valence electrons. The Bertz CT molecular complexity index is 116. The standard InChI is InChI=1S/C11H23N/c1-9(2)10(3)7-12-8-11-5-4-6-11/h9-12H,4-8H2,1-3H3. The zero-order valence-corrected chi connectivity index (χ0v) is 8.77. The molecule has 1 rings (SSSR count). The molecule has 0 spiro atoms. The van der Waals surface area contributed by atoms with E-state index in [2.05, 4.69) is 26.1 Å². The normalized spacial score (nSPS) is 21.0. The first kappa shape index (κ1) is 10.0. The van der Waals surface area contributed by atoms with Gasteiger partial charge >= 0.3 is 0 Å². The molecule has 1 aliphatic rings. The SMILES string of the molecule is CC(C)C(C)CNCC1CCC1. The summed E-state index contributed by atoms with van der Waals surface area (Å²) in [5.74, 6) is 2.65. The summed E-state index contributed by atoms with van der Waals surface area (Å²) in [5.41, 5.74) is 0. The van der Waals surface area contributed by atoms with Crippen LogP contribution in [-0.4, -0.2) is 13.1 Å². The van der Waals surface area contributed by atoms with Crippen LogP contribution in [0.1, 0.15) is 40.0 Å². The summed E-state index contributed by atoms with van der Waals surface area (Å²) in [6, 6.07) is 0. The van der Waals surface area contributed by atoms with E-state index < -0.39 is 0 Å². The van der Waals surface area contributed by atoms with E-state index in [1.807, 2.05) is 0 Å². The molecular weight excluding hydrogens is 146 g/mol. The van der Waals surface area contributed by atoms with Crippen LogP contribution in [0.2, 0.25) is 0 Å². The molecule has 1 atom stereocenters. The molecule has 0 saturated heterocycles. The minimum atomic E-state index is 0.818. The number of nitrogens with one attached hydrogen (secondary N) is 1. The molecule has 0 aromatic heterocycles. The zero-order chi connectivity index (χ0) is 8.97. The second-order valence-electron chi connectivity index (χ2n) is 4.68. The summed E-state index contributed by atoms with van der Waals surface area (Å²) in [7, 11) is 0. The second-order valence-corrected chi connectivity index (χ2v) is 4.68. The summed E-state index contributed by atoms with van der Waals surface area (Å²) >= 11 is 0. The molecule has 1 unspecified atom stereocenters. The number of hydrogen-bond acceptors (Lipinski definition) is 1. The molecule has 1 heteroatoms. The lowest BCUT2D eigenvalue weighted by molar-refractivity contribution is 0.287. The Kier molecular flexibility index (Phi) is 4.07. The van der Waals surface area contributed by atoms with Crippen LogP contribution in [0.3, 0.4) is 0 Å². The second kappa shape index (κ2) is 4.86. The van der Waals surface area contributed by atoms with Crippen LogP contribution < -0.4 is 5.32 Å². The maximum Gasteiger partial charge on any atom is -0.00204 e. The number of rotatable bonds is 5. The van der Waals surface area contributed by atoms with Crippen LogP contribution in [0.25, 0.3) is 0 Å². The van der Waals surface area contributed by atoms with Gasteiger partial charge in [-0.25, -0.2) is 0 Å². The van der Waals surface area contributed by atoms with Crippen LogP contribution in [0, 0.1) is 17.8 Å². The van der Waals surface area contributed by atoms with Gasteiger partial charge in [-0.05, 0) is 43.7 Å². The Morgan fingerprint density at radius 3 is 2.33 bits per heavy atom. The van der Waals surface area contributed by atoms with E-state index in [1.165, 1.54) is 32.4 Å². The summed E-state index contributed by atoms with van der Waals surface area (Å²) in [5, 5.41) is 3.57. The molecule has 0 radical (unpaired) electrons. The topological polar surface area (TPSA) is 12.0 Å². The van der Waals surface area contributed by atoms with Crippen molar-refractivity contribution in [3.05, 3.63) is 0 Å². The van der Waals surface area contributed by atoms with E-state index in [9.17, 15) is 0 Å². The maximum absolute atomic E-state index is 3.57. The Labute approximate surface area is 76.9 Å². The maximum atomic E-state index is 3.57. The van der Waals surface area contributed by atoms with Crippen molar-refractivity contribution in [1.82, 2.24) is 5.32 Å². The van der Waals surface area contributed by atoms with Crippen LogP contribution in [-0.2, 0) is 0 Å². The van der Waals surface area contributed by atoms with Crippen molar-refractivity contribution in [3.8, 4) is 0 Å². The Morgan fingerprint density at radius 2 is 1.92 bits per heavy atom. The van der Waals surface area contributed by atoms with Crippen molar-refractivity contribution in [1.29, 1.82) is 0 Å². The lowest BCUT2D eigenvalue weighted by atomic mass is 9.85. The van der Waals surface area contributed by atoms with Gasteiger partial charge < -0.3 is 5.32 Å². The fourth-order valence-corrected chi connectivity index (χ4v) is 1.45. The fourth-order valence-electron chi connectivity index (χ4n) is 1.45. The molecule has 0 aliphatic heterocycles.